The Kier molecular flexibility index (Phi) is 8.75. The van der Waals surface area contributed by atoms with Gasteiger partial charge in [0.15, 0.2) is 23.0 Å². The molecular weight excluding hydrogens is 518 g/mol. The maximum atomic E-state index is 13.3. The Hall–Kier alpha value is -4.90. The summed E-state index contributed by atoms with van der Waals surface area (Å²) in [7, 11) is 0. The Labute approximate surface area is 240 Å². The third kappa shape index (κ3) is 6.47. The number of rotatable bonds is 10. The molecule has 3 aromatic rings. The number of nitriles is 1. The number of carbonyl (C=O) groups is 1. The largest absolute Gasteiger partial charge is 0.490 e. The van der Waals surface area contributed by atoms with Crippen molar-refractivity contribution in [3.05, 3.63) is 95.6 Å². The fraction of sp³-hybridized carbons (Fsp3) is 0.273. The van der Waals surface area contributed by atoms with Crippen LogP contribution in [0.1, 0.15) is 23.6 Å². The molecule has 8 heteroatoms. The van der Waals surface area contributed by atoms with Crippen LogP contribution < -0.4 is 23.8 Å². The van der Waals surface area contributed by atoms with E-state index in [9.17, 15) is 10.1 Å². The monoisotopic (exact) mass is 551 g/mol. The number of para-hydroxylation sites is 1. The number of nitrogens with zero attached hydrogens (tertiary/aromatic N) is 3. The Morgan fingerprint density at radius 3 is 2.54 bits per heavy atom. The van der Waals surface area contributed by atoms with Crippen LogP contribution in [-0.2, 0) is 17.8 Å². The molecule has 0 spiro atoms. The van der Waals surface area contributed by atoms with Crippen LogP contribution in [0.3, 0.4) is 0 Å². The third-order valence-electron chi connectivity index (χ3n) is 6.99. The number of fused-ring (bicyclic) bond motifs is 1. The summed E-state index contributed by atoms with van der Waals surface area (Å²) in [4.78, 5) is 17.3. The van der Waals surface area contributed by atoms with Gasteiger partial charge in [-0.05, 0) is 66.9 Å². The molecule has 0 aromatic heterocycles. The predicted molar refractivity (Wildman–Crippen MR) is 157 cm³/mol. The number of hydrogen-bond acceptors (Lipinski definition) is 7. The second-order valence-corrected chi connectivity index (χ2v) is 9.69. The second-order valence-electron chi connectivity index (χ2n) is 9.69. The van der Waals surface area contributed by atoms with Crippen molar-refractivity contribution in [2.45, 2.75) is 20.0 Å². The number of allylic oxidation sites excluding steroid dienone is 1. The quantitative estimate of drug-likeness (QED) is 0.190. The van der Waals surface area contributed by atoms with E-state index in [1.165, 1.54) is 0 Å². The predicted octanol–water partition coefficient (Wildman–Crippen LogP) is 5.38. The molecule has 0 unspecified atom stereocenters. The number of ether oxygens (including phenoxy) is 4. The number of benzene rings is 3. The topological polar surface area (TPSA) is 84.3 Å². The van der Waals surface area contributed by atoms with Crippen LogP contribution in [0.2, 0.25) is 0 Å². The maximum Gasteiger partial charge on any atom is 0.264 e. The lowest BCUT2D eigenvalue weighted by Crippen LogP contribution is -2.49. The minimum absolute atomic E-state index is 0.0826. The molecule has 2 heterocycles. The SMILES string of the molecule is C=CCc1cc(/C=C(/C#N)C(=O)N2CCN(c3ccccc3)CC2)cc(OCC)c1OCc1ccc2c(c1)OCO2. The van der Waals surface area contributed by atoms with Crippen molar-refractivity contribution in [3.8, 4) is 29.1 Å². The minimum Gasteiger partial charge on any atom is -0.490 e. The molecule has 1 saturated heterocycles. The number of piperazine rings is 1. The van der Waals surface area contributed by atoms with E-state index >= 15 is 0 Å². The van der Waals surface area contributed by atoms with E-state index in [1.54, 1.807) is 17.1 Å². The molecule has 0 saturated carbocycles. The highest BCUT2D eigenvalue weighted by Crippen LogP contribution is 2.37. The van der Waals surface area contributed by atoms with Gasteiger partial charge in [-0.3, -0.25) is 4.79 Å². The summed E-state index contributed by atoms with van der Waals surface area (Å²) in [6, 6.07) is 21.7. The van der Waals surface area contributed by atoms with Crippen LogP contribution in [0, 0.1) is 11.3 Å². The highest BCUT2D eigenvalue weighted by molar-refractivity contribution is 6.02. The van der Waals surface area contributed by atoms with Gasteiger partial charge in [0.25, 0.3) is 5.91 Å². The van der Waals surface area contributed by atoms with E-state index < -0.39 is 0 Å². The van der Waals surface area contributed by atoms with Gasteiger partial charge in [0.1, 0.15) is 18.2 Å². The fourth-order valence-corrected chi connectivity index (χ4v) is 4.97. The molecular formula is C33H33N3O5. The van der Waals surface area contributed by atoms with Gasteiger partial charge in [-0.25, -0.2) is 0 Å². The van der Waals surface area contributed by atoms with Crippen LogP contribution in [0.25, 0.3) is 6.08 Å². The standard InChI is InChI=1S/C33H33N3O5/c1-3-8-26-17-25(18-27(21-34)33(37)36-15-13-35(14-16-36)28-9-6-5-7-10-28)20-31(38-4-2)32(26)39-22-24-11-12-29-30(19-24)41-23-40-29/h3,5-7,9-12,17-20H,1,4,8,13-16,22-23H2,2H3/b27-18-. The van der Waals surface area contributed by atoms with Crippen molar-refractivity contribution in [1.82, 2.24) is 4.90 Å². The van der Waals surface area contributed by atoms with Crippen LogP contribution in [0.5, 0.6) is 23.0 Å². The zero-order valence-electron chi connectivity index (χ0n) is 23.2. The molecule has 2 aliphatic rings. The smallest absolute Gasteiger partial charge is 0.264 e. The summed E-state index contributed by atoms with van der Waals surface area (Å²) in [5.41, 5.74) is 3.68. The summed E-state index contributed by atoms with van der Waals surface area (Å²) in [6.07, 6.45) is 3.94. The van der Waals surface area contributed by atoms with Crippen LogP contribution in [0.15, 0.2) is 78.9 Å². The molecule has 210 valence electrons. The van der Waals surface area contributed by atoms with Gasteiger partial charge in [0.2, 0.25) is 6.79 Å². The van der Waals surface area contributed by atoms with E-state index in [0.29, 0.717) is 74.4 Å². The van der Waals surface area contributed by atoms with Gasteiger partial charge in [-0.2, -0.15) is 5.26 Å². The molecule has 0 atom stereocenters. The van der Waals surface area contributed by atoms with Gasteiger partial charge in [0.05, 0.1) is 6.61 Å². The Morgan fingerprint density at radius 2 is 1.80 bits per heavy atom. The first-order valence-corrected chi connectivity index (χ1v) is 13.7. The Bertz CT molecular complexity index is 1470. The number of anilines is 1. The summed E-state index contributed by atoms with van der Waals surface area (Å²) < 4.78 is 23.1. The molecule has 2 aliphatic heterocycles. The molecule has 0 N–H and O–H groups in total. The molecule has 8 nitrogen and oxygen atoms in total. The van der Waals surface area contributed by atoms with Crippen molar-refractivity contribution in [3.63, 3.8) is 0 Å². The first kappa shape index (κ1) is 27.7. The Morgan fingerprint density at radius 1 is 1.02 bits per heavy atom. The fourth-order valence-electron chi connectivity index (χ4n) is 4.97. The molecule has 41 heavy (non-hydrogen) atoms. The van der Waals surface area contributed by atoms with Crippen molar-refractivity contribution in [1.29, 1.82) is 5.26 Å². The van der Waals surface area contributed by atoms with Gasteiger partial charge in [-0.1, -0.05) is 30.3 Å². The highest BCUT2D eigenvalue weighted by atomic mass is 16.7. The molecule has 1 fully saturated rings. The van der Waals surface area contributed by atoms with E-state index in [2.05, 4.69) is 29.7 Å². The molecule has 0 bridgehead atoms. The van der Waals surface area contributed by atoms with Crippen LogP contribution >= 0.6 is 0 Å². The lowest BCUT2D eigenvalue weighted by Gasteiger charge is -2.36. The van der Waals surface area contributed by atoms with Crippen molar-refractivity contribution in [2.24, 2.45) is 0 Å². The zero-order valence-corrected chi connectivity index (χ0v) is 23.2. The van der Waals surface area contributed by atoms with Crippen LogP contribution in [0.4, 0.5) is 5.69 Å². The summed E-state index contributed by atoms with van der Waals surface area (Å²) in [5.74, 6) is 2.28. The average Bonchev–Trinajstić information content (AvgIpc) is 3.48. The zero-order chi connectivity index (χ0) is 28.6. The van der Waals surface area contributed by atoms with E-state index in [-0.39, 0.29) is 18.3 Å². The lowest BCUT2D eigenvalue weighted by molar-refractivity contribution is -0.126. The average molecular weight is 552 g/mol. The van der Waals surface area contributed by atoms with Crippen LogP contribution in [-0.4, -0.2) is 50.4 Å². The third-order valence-corrected chi connectivity index (χ3v) is 6.99. The van der Waals surface area contributed by atoms with E-state index in [0.717, 1.165) is 16.8 Å². The number of hydrogen-bond donors (Lipinski definition) is 0. The highest BCUT2D eigenvalue weighted by Gasteiger charge is 2.24. The second kappa shape index (κ2) is 13.0. The normalized spacial score (nSPS) is 14.4. The van der Waals surface area contributed by atoms with Crippen molar-refractivity contribution in [2.75, 3.05) is 44.5 Å². The first-order valence-electron chi connectivity index (χ1n) is 13.7. The minimum atomic E-state index is -0.272. The summed E-state index contributed by atoms with van der Waals surface area (Å²) in [6.45, 7) is 9.25. The number of carbonyl (C=O) groups excluding carboxylic acids is 1. The van der Waals surface area contributed by atoms with Crippen molar-refractivity contribution >= 4 is 17.7 Å². The van der Waals surface area contributed by atoms with Gasteiger partial charge in [-0.15, -0.1) is 6.58 Å². The summed E-state index contributed by atoms with van der Waals surface area (Å²) in [5, 5.41) is 9.93. The Balaban J connectivity index is 1.34. The lowest BCUT2D eigenvalue weighted by atomic mass is 10.0. The molecule has 5 rings (SSSR count). The van der Waals surface area contributed by atoms with E-state index in [4.69, 9.17) is 18.9 Å². The number of amides is 1. The first-order chi connectivity index (χ1) is 20.1. The van der Waals surface area contributed by atoms with Crippen molar-refractivity contribution < 1.29 is 23.7 Å². The molecule has 1 amide bonds. The van der Waals surface area contributed by atoms with Gasteiger partial charge in [0, 0.05) is 37.4 Å². The van der Waals surface area contributed by atoms with Gasteiger partial charge < -0.3 is 28.7 Å². The molecule has 0 aliphatic carbocycles. The maximum absolute atomic E-state index is 13.3. The van der Waals surface area contributed by atoms with E-state index in [1.807, 2.05) is 55.5 Å². The molecule has 3 aromatic carbocycles. The van der Waals surface area contributed by atoms with Gasteiger partial charge >= 0.3 is 0 Å². The summed E-state index contributed by atoms with van der Waals surface area (Å²) >= 11 is 0. The molecule has 0 radical (unpaired) electrons.